The molecular formula is C13H36Cl2O2Si5. The van der Waals surface area contributed by atoms with Crippen molar-refractivity contribution in [2.45, 2.75) is 83.2 Å². The van der Waals surface area contributed by atoms with Gasteiger partial charge in [-0.25, -0.2) is 0 Å². The van der Waals surface area contributed by atoms with Crippen molar-refractivity contribution in [2.75, 3.05) is 0 Å². The first-order chi connectivity index (χ1) is 9.25. The highest BCUT2D eigenvalue weighted by atomic mass is 35.6. The van der Waals surface area contributed by atoms with Gasteiger partial charge in [-0.05, 0) is 51.9 Å². The third kappa shape index (κ3) is 9.78. The summed E-state index contributed by atoms with van der Waals surface area (Å²) in [5.41, 5.74) is 0. The van der Waals surface area contributed by atoms with Gasteiger partial charge in [0.25, 0.3) is 0 Å². The van der Waals surface area contributed by atoms with Crippen molar-refractivity contribution in [3.63, 3.8) is 0 Å². The lowest BCUT2D eigenvalue weighted by molar-refractivity contribution is 0.379. The highest BCUT2D eigenvalue weighted by Crippen LogP contribution is 2.45. The van der Waals surface area contributed by atoms with Gasteiger partial charge in [0.05, 0.1) is 0 Å². The molecule has 0 saturated heterocycles. The van der Waals surface area contributed by atoms with Crippen LogP contribution in [0.25, 0.3) is 0 Å². The van der Waals surface area contributed by atoms with Crippen LogP contribution in [-0.2, 0) is 8.23 Å². The van der Waals surface area contributed by atoms with Crippen molar-refractivity contribution in [3.05, 3.63) is 0 Å². The van der Waals surface area contributed by atoms with Crippen molar-refractivity contribution in [1.29, 1.82) is 0 Å². The van der Waals surface area contributed by atoms with Gasteiger partial charge in [-0.2, -0.15) is 22.2 Å². The molecule has 0 saturated carbocycles. The highest BCUT2D eigenvalue weighted by Gasteiger charge is 2.54. The Balaban J connectivity index is 5.84. The molecule has 1 atom stereocenters. The maximum atomic E-state index is 6.96. The summed E-state index contributed by atoms with van der Waals surface area (Å²) in [5.74, 6) is 0. The van der Waals surface area contributed by atoms with E-state index in [4.69, 9.17) is 30.4 Å². The first-order valence-electron chi connectivity index (χ1n) is 8.03. The van der Waals surface area contributed by atoms with Gasteiger partial charge in [0.1, 0.15) is 7.38 Å². The Labute approximate surface area is 153 Å². The molecule has 0 radical (unpaired) electrons. The minimum atomic E-state index is -2.39. The molecule has 0 aromatic rings. The molecule has 0 aliphatic carbocycles. The molecule has 22 heavy (non-hydrogen) atoms. The van der Waals surface area contributed by atoms with E-state index in [2.05, 4.69) is 72.0 Å². The van der Waals surface area contributed by atoms with Gasteiger partial charge in [-0.1, -0.05) is 26.2 Å². The summed E-state index contributed by atoms with van der Waals surface area (Å²) in [6.45, 7) is 24.6. The van der Waals surface area contributed by atoms with Crippen LogP contribution in [0.15, 0.2) is 0 Å². The Morgan fingerprint density at radius 1 is 0.682 bits per heavy atom. The predicted octanol–water partition coefficient (Wildman–Crippen LogP) is 6.56. The van der Waals surface area contributed by atoms with Crippen LogP contribution < -0.4 is 0 Å². The maximum Gasteiger partial charge on any atom is 0.315 e. The van der Waals surface area contributed by atoms with E-state index in [1.165, 1.54) is 0 Å². The van der Waals surface area contributed by atoms with Crippen molar-refractivity contribution >= 4 is 62.1 Å². The van der Waals surface area contributed by atoms with E-state index < -0.39 is 40.0 Å². The lowest BCUT2D eigenvalue weighted by Crippen LogP contribution is -2.60. The molecule has 0 N–H and O–H groups in total. The zero-order chi connectivity index (χ0) is 18.2. The van der Waals surface area contributed by atoms with Crippen molar-refractivity contribution in [1.82, 2.24) is 0 Å². The van der Waals surface area contributed by atoms with E-state index in [1.807, 2.05) is 0 Å². The minimum absolute atomic E-state index is 0.333. The van der Waals surface area contributed by atoms with Gasteiger partial charge in [0.15, 0.2) is 24.0 Å². The SMILES string of the molecule is C[Si](C)(Cl)CC([Si](C)(C)Cl)[Si](C)(O[Si](C)(C)C)O[Si](C)(C)C. The van der Waals surface area contributed by atoms with Gasteiger partial charge in [0, 0.05) is 5.16 Å². The summed E-state index contributed by atoms with van der Waals surface area (Å²) in [6.07, 6.45) is 0. The Morgan fingerprint density at radius 3 is 1.18 bits per heavy atom. The summed E-state index contributed by atoms with van der Waals surface area (Å²) < 4.78 is 13.5. The van der Waals surface area contributed by atoms with Crippen LogP contribution in [-0.4, -0.2) is 40.0 Å². The summed E-state index contributed by atoms with van der Waals surface area (Å²) in [4.78, 5) is 0. The molecule has 0 aromatic heterocycles. The molecule has 1 unspecified atom stereocenters. The van der Waals surface area contributed by atoms with E-state index >= 15 is 0 Å². The second-order valence-corrected chi connectivity index (χ2v) is 36.5. The van der Waals surface area contributed by atoms with Crippen LogP contribution >= 0.6 is 22.2 Å². The lowest BCUT2D eigenvalue weighted by Gasteiger charge is -2.47. The van der Waals surface area contributed by atoms with Crippen LogP contribution in [0, 0.1) is 0 Å². The Morgan fingerprint density at radius 2 is 1.00 bits per heavy atom. The molecule has 0 aliphatic rings. The lowest BCUT2D eigenvalue weighted by atomic mass is 10.9. The molecule has 9 heteroatoms. The van der Waals surface area contributed by atoms with Crippen LogP contribution in [0.3, 0.4) is 0 Å². The van der Waals surface area contributed by atoms with E-state index in [0.717, 1.165) is 6.04 Å². The molecular weight excluding hydrogens is 399 g/mol. The highest BCUT2D eigenvalue weighted by molar-refractivity contribution is 7.26. The summed E-state index contributed by atoms with van der Waals surface area (Å²) in [6, 6.07) is 0.995. The monoisotopic (exact) mass is 434 g/mol. The van der Waals surface area contributed by atoms with Gasteiger partial charge in [-0.3, -0.25) is 0 Å². The predicted molar refractivity (Wildman–Crippen MR) is 116 cm³/mol. The number of hydrogen-bond donors (Lipinski definition) is 0. The van der Waals surface area contributed by atoms with Crippen LogP contribution in [0.1, 0.15) is 0 Å². The molecule has 2 nitrogen and oxygen atoms in total. The second kappa shape index (κ2) is 7.45. The molecule has 0 aliphatic heterocycles. The summed E-state index contributed by atoms with van der Waals surface area (Å²) in [7, 11) is -9.54. The maximum absolute atomic E-state index is 6.96. The fraction of sp³-hybridized carbons (Fsp3) is 1.00. The van der Waals surface area contributed by atoms with Crippen LogP contribution in [0.4, 0.5) is 0 Å². The van der Waals surface area contributed by atoms with Gasteiger partial charge in [0.2, 0.25) is 0 Å². The van der Waals surface area contributed by atoms with E-state index in [0.29, 0.717) is 5.16 Å². The Hall–Kier alpha value is 1.58. The smallest absolute Gasteiger partial charge is 0.315 e. The van der Waals surface area contributed by atoms with Gasteiger partial charge < -0.3 is 8.23 Å². The molecule has 134 valence electrons. The van der Waals surface area contributed by atoms with Crippen molar-refractivity contribution in [3.8, 4) is 0 Å². The third-order valence-corrected chi connectivity index (χ3v) is 22.4. The number of hydrogen-bond acceptors (Lipinski definition) is 2. The summed E-state index contributed by atoms with van der Waals surface area (Å²) >= 11 is 13.7. The largest absolute Gasteiger partial charge is 0.437 e. The van der Waals surface area contributed by atoms with Gasteiger partial charge >= 0.3 is 8.56 Å². The average Bonchev–Trinajstić information content (AvgIpc) is 2.03. The molecule has 0 bridgehead atoms. The van der Waals surface area contributed by atoms with Crippen molar-refractivity contribution in [2.24, 2.45) is 0 Å². The normalized spacial score (nSPS) is 16.8. The van der Waals surface area contributed by atoms with Crippen molar-refractivity contribution < 1.29 is 8.23 Å². The first-order valence-corrected chi connectivity index (χ1v) is 25.6. The molecule has 0 fully saturated rings. The summed E-state index contributed by atoms with van der Waals surface area (Å²) in [5, 5.41) is 0.333. The van der Waals surface area contributed by atoms with E-state index in [-0.39, 0.29) is 0 Å². The van der Waals surface area contributed by atoms with E-state index in [9.17, 15) is 0 Å². The second-order valence-electron chi connectivity index (χ2n) is 9.48. The van der Waals surface area contributed by atoms with Crippen LogP contribution in [0.2, 0.25) is 83.2 Å². The Kier molecular flexibility index (Phi) is 7.99. The van der Waals surface area contributed by atoms with Crippen LogP contribution in [0.5, 0.6) is 0 Å². The average molecular weight is 436 g/mol. The quantitative estimate of drug-likeness (QED) is 0.317. The fourth-order valence-electron chi connectivity index (χ4n) is 2.92. The molecule has 0 amide bonds. The topological polar surface area (TPSA) is 18.5 Å². The zero-order valence-corrected chi connectivity index (χ0v) is 22.9. The Bertz CT molecular complexity index is 351. The number of halogens is 2. The van der Waals surface area contributed by atoms with Gasteiger partial charge in [-0.15, -0.1) is 0 Å². The van der Waals surface area contributed by atoms with E-state index in [1.54, 1.807) is 0 Å². The zero-order valence-electron chi connectivity index (χ0n) is 16.4. The standard InChI is InChI=1S/C13H36Cl2O2Si5/c1-18(2,3)16-22(11,17-19(4,5)6)13(21(9,10)15)12-20(7,8)14/h13H,12H2,1-11H3. The fourth-order valence-corrected chi connectivity index (χ4v) is 31.5. The molecule has 0 rings (SSSR count). The number of rotatable bonds is 8. The molecule has 0 spiro atoms. The minimum Gasteiger partial charge on any atom is -0.437 e. The third-order valence-electron chi connectivity index (χ3n) is 3.17. The molecule has 0 heterocycles. The first kappa shape index (κ1) is 23.6. The molecule has 0 aromatic carbocycles.